The summed E-state index contributed by atoms with van der Waals surface area (Å²) in [6, 6.07) is 10.9. The summed E-state index contributed by atoms with van der Waals surface area (Å²) in [5, 5.41) is 2.66. The van der Waals surface area contributed by atoms with Crippen LogP contribution in [-0.2, 0) is 19.1 Å². The van der Waals surface area contributed by atoms with Crippen molar-refractivity contribution in [3.05, 3.63) is 81.0 Å². The Bertz CT molecular complexity index is 1390. The number of benzene rings is 2. The molecule has 39 heavy (non-hydrogen) atoms. The van der Waals surface area contributed by atoms with Crippen molar-refractivity contribution in [2.24, 2.45) is 10.8 Å². The predicted molar refractivity (Wildman–Crippen MR) is 149 cm³/mol. The van der Waals surface area contributed by atoms with E-state index in [0.29, 0.717) is 64.3 Å². The van der Waals surface area contributed by atoms with E-state index < -0.39 is 11.8 Å². The molecule has 0 fully saturated rings. The molecule has 1 heterocycles. The van der Waals surface area contributed by atoms with E-state index in [1.165, 1.54) is 24.3 Å². The zero-order valence-electron chi connectivity index (χ0n) is 22.5. The van der Waals surface area contributed by atoms with Gasteiger partial charge in [0, 0.05) is 48.4 Å². The van der Waals surface area contributed by atoms with E-state index >= 15 is 0 Å². The molecule has 204 valence electrons. The fraction of sp³-hybridized carbons (Fsp3) is 0.387. The van der Waals surface area contributed by atoms with Crippen molar-refractivity contribution in [1.29, 1.82) is 0 Å². The van der Waals surface area contributed by atoms with Crippen LogP contribution in [0.15, 0.2) is 69.6 Å². The molecule has 0 aromatic heterocycles. The molecule has 2 aromatic carbocycles. The zero-order chi connectivity index (χ0) is 28.1. The van der Waals surface area contributed by atoms with Crippen molar-refractivity contribution >= 4 is 39.1 Å². The highest BCUT2D eigenvalue weighted by Crippen LogP contribution is 2.53. The van der Waals surface area contributed by atoms with Gasteiger partial charge in [-0.05, 0) is 68.7 Å². The molecule has 1 amide bonds. The largest absolute Gasteiger partial charge is 0.483 e. The molecule has 1 aliphatic heterocycles. The van der Waals surface area contributed by atoms with E-state index in [9.17, 15) is 18.8 Å². The van der Waals surface area contributed by atoms with Crippen LogP contribution in [-0.4, -0.2) is 24.1 Å². The summed E-state index contributed by atoms with van der Waals surface area (Å²) in [6.07, 6.45) is 2.03. The molecule has 5 rings (SSSR count). The van der Waals surface area contributed by atoms with Crippen molar-refractivity contribution in [2.75, 3.05) is 11.9 Å². The Balaban J connectivity index is 1.43. The van der Waals surface area contributed by atoms with Crippen molar-refractivity contribution in [3.8, 4) is 5.75 Å². The first-order valence-electron chi connectivity index (χ1n) is 13.0. The Morgan fingerprint density at radius 3 is 2.05 bits per heavy atom. The topological polar surface area (TPSA) is 81.7 Å². The summed E-state index contributed by atoms with van der Waals surface area (Å²) in [6.45, 7) is 7.98. The van der Waals surface area contributed by atoms with Crippen LogP contribution in [0.1, 0.15) is 64.9 Å². The normalized spacial score (nSPS) is 20.3. The van der Waals surface area contributed by atoms with E-state index in [-0.39, 0.29) is 34.8 Å². The van der Waals surface area contributed by atoms with E-state index in [1.807, 2.05) is 12.1 Å². The number of Topliss-reactive ketones (excluding diaryl/α,β-unsaturated/α-hetero) is 2. The number of ether oxygens (including phenoxy) is 2. The number of hydrogen-bond acceptors (Lipinski definition) is 5. The minimum Gasteiger partial charge on any atom is -0.483 e. The summed E-state index contributed by atoms with van der Waals surface area (Å²) < 4.78 is 25.8. The SMILES string of the molecule is CC1(C)CC(=O)C2=C(C1)OC1=C(C(=O)CC(C)(C)C1)C2c1ccc(OCC(=O)Nc2ccc(F)cc2)c(Br)c1. The molecule has 0 bridgehead atoms. The van der Waals surface area contributed by atoms with Crippen LogP contribution in [0.5, 0.6) is 5.75 Å². The lowest BCUT2D eigenvalue weighted by molar-refractivity contribution is -0.120. The Kier molecular flexibility index (Phi) is 7.04. The van der Waals surface area contributed by atoms with Gasteiger partial charge in [-0.25, -0.2) is 4.39 Å². The van der Waals surface area contributed by atoms with Gasteiger partial charge in [-0.2, -0.15) is 0 Å². The van der Waals surface area contributed by atoms with Gasteiger partial charge in [0.15, 0.2) is 18.2 Å². The number of carbonyl (C=O) groups is 3. The second-order valence-electron chi connectivity index (χ2n) is 12.1. The van der Waals surface area contributed by atoms with Gasteiger partial charge in [-0.1, -0.05) is 33.8 Å². The summed E-state index contributed by atoms with van der Waals surface area (Å²) in [5.74, 6) is 0.490. The smallest absolute Gasteiger partial charge is 0.262 e. The van der Waals surface area contributed by atoms with Crippen molar-refractivity contribution < 1.29 is 28.2 Å². The molecular weight excluding hydrogens is 565 g/mol. The molecule has 3 aliphatic rings. The van der Waals surface area contributed by atoms with Crippen molar-refractivity contribution in [3.63, 3.8) is 0 Å². The van der Waals surface area contributed by atoms with Gasteiger partial charge in [-0.15, -0.1) is 0 Å². The van der Waals surface area contributed by atoms with Crippen LogP contribution in [0.4, 0.5) is 10.1 Å². The highest BCUT2D eigenvalue weighted by molar-refractivity contribution is 9.10. The van der Waals surface area contributed by atoms with Gasteiger partial charge >= 0.3 is 0 Å². The van der Waals surface area contributed by atoms with E-state index in [4.69, 9.17) is 9.47 Å². The minimum atomic E-state index is -0.511. The van der Waals surface area contributed by atoms with Crippen molar-refractivity contribution in [1.82, 2.24) is 0 Å². The Hall–Kier alpha value is -3.26. The second-order valence-corrected chi connectivity index (χ2v) is 13.0. The molecule has 0 radical (unpaired) electrons. The van der Waals surface area contributed by atoms with E-state index in [1.54, 1.807) is 6.07 Å². The van der Waals surface area contributed by atoms with Gasteiger partial charge in [0.1, 0.15) is 23.1 Å². The highest BCUT2D eigenvalue weighted by Gasteiger charge is 2.47. The highest BCUT2D eigenvalue weighted by atomic mass is 79.9. The Morgan fingerprint density at radius 2 is 1.51 bits per heavy atom. The molecule has 0 saturated heterocycles. The van der Waals surface area contributed by atoms with E-state index in [0.717, 1.165) is 5.56 Å². The summed E-state index contributed by atoms with van der Waals surface area (Å²) >= 11 is 3.55. The lowest BCUT2D eigenvalue weighted by Gasteiger charge is -2.42. The lowest BCUT2D eigenvalue weighted by Crippen LogP contribution is -2.37. The molecule has 6 nitrogen and oxygen atoms in total. The summed E-state index contributed by atoms with van der Waals surface area (Å²) in [7, 11) is 0. The third-order valence-electron chi connectivity index (χ3n) is 7.36. The average molecular weight is 596 g/mol. The van der Waals surface area contributed by atoms with Crippen LogP contribution in [0.2, 0.25) is 0 Å². The quantitative estimate of drug-likeness (QED) is 0.402. The maximum absolute atomic E-state index is 13.5. The molecule has 8 heteroatoms. The van der Waals surface area contributed by atoms with Gasteiger partial charge in [-0.3, -0.25) is 14.4 Å². The van der Waals surface area contributed by atoms with E-state index in [2.05, 4.69) is 48.9 Å². The van der Waals surface area contributed by atoms with Crippen LogP contribution < -0.4 is 10.1 Å². The molecule has 2 aliphatic carbocycles. The van der Waals surface area contributed by atoms with Crippen LogP contribution in [0, 0.1) is 16.6 Å². The van der Waals surface area contributed by atoms with Gasteiger partial charge in [0.2, 0.25) is 0 Å². The number of carbonyl (C=O) groups excluding carboxylic acids is 3. The lowest BCUT2D eigenvalue weighted by atomic mass is 9.65. The summed E-state index contributed by atoms with van der Waals surface area (Å²) in [5.41, 5.74) is 1.95. The zero-order valence-corrected chi connectivity index (χ0v) is 24.0. The average Bonchev–Trinajstić information content (AvgIpc) is 2.82. The van der Waals surface area contributed by atoms with Crippen LogP contribution in [0.3, 0.4) is 0 Å². The monoisotopic (exact) mass is 595 g/mol. The Morgan fingerprint density at radius 1 is 0.949 bits per heavy atom. The van der Waals surface area contributed by atoms with Crippen molar-refractivity contribution in [2.45, 2.75) is 59.3 Å². The first kappa shape index (κ1) is 27.3. The number of hydrogen-bond donors (Lipinski definition) is 1. The van der Waals surface area contributed by atoms with Gasteiger partial charge < -0.3 is 14.8 Å². The molecule has 0 spiro atoms. The predicted octanol–water partition coefficient (Wildman–Crippen LogP) is 7.01. The molecular formula is C31H31BrFNO5. The van der Waals surface area contributed by atoms with Gasteiger partial charge in [0.25, 0.3) is 5.91 Å². The number of amides is 1. The maximum atomic E-state index is 13.5. The number of halogens is 2. The third-order valence-corrected chi connectivity index (χ3v) is 7.98. The third kappa shape index (κ3) is 5.71. The second kappa shape index (κ2) is 10.0. The van der Waals surface area contributed by atoms with Crippen LogP contribution >= 0.6 is 15.9 Å². The first-order chi connectivity index (χ1) is 18.3. The molecule has 0 unspecified atom stereocenters. The first-order valence-corrected chi connectivity index (χ1v) is 13.8. The number of allylic oxidation sites excluding steroid dienone is 4. The molecule has 2 aromatic rings. The molecule has 1 N–H and O–H groups in total. The minimum absolute atomic E-state index is 0.00402. The fourth-order valence-corrected chi connectivity index (χ4v) is 6.21. The molecule has 0 atom stereocenters. The standard InChI is InChI=1S/C31H31BrFNO5/c1-30(2)12-21(35)28-24(14-30)39-25-15-31(3,4)13-22(36)29(25)27(28)17-5-10-23(20(32)11-17)38-16-26(37)34-19-8-6-18(33)7-9-19/h5-11,27H,12-16H2,1-4H3,(H,34,37). The number of nitrogens with one attached hydrogen (secondary N) is 1. The molecule has 0 saturated carbocycles. The fourth-order valence-electron chi connectivity index (χ4n) is 5.70. The number of rotatable bonds is 5. The summed E-state index contributed by atoms with van der Waals surface area (Å²) in [4.78, 5) is 39.3. The number of anilines is 1. The van der Waals surface area contributed by atoms with Crippen LogP contribution in [0.25, 0.3) is 0 Å². The Labute approximate surface area is 235 Å². The number of ketones is 2. The maximum Gasteiger partial charge on any atom is 0.262 e. The van der Waals surface area contributed by atoms with Gasteiger partial charge in [0.05, 0.1) is 4.47 Å².